The molecule has 29 heavy (non-hydrogen) atoms. The summed E-state index contributed by atoms with van der Waals surface area (Å²) in [5.41, 5.74) is 1.92. The van der Waals surface area contributed by atoms with E-state index in [1.807, 2.05) is 53.4 Å². The van der Waals surface area contributed by atoms with Gasteiger partial charge in [-0.25, -0.2) is 0 Å². The summed E-state index contributed by atoms with van der Waals surface area (Å²) in [4.78, 5) is 26.6. The molecule has 5 heteroatoms. The Hall–Kier alpha value is -2.82. The molecule has 1 saturated heterocycles. The van der Waals surface area contributed by atoms with Gasteiger partial charge in [-0.2, -0.15) is 0 Å². The summed E-state index contributed by atoms with van der Waals surface area (Å²) in [6, 6.07) is 17.3. The third-order valence-electron chi connectivity index (χ3n) is 5.24. The Morgan fingerprint density at radius 3 is 2.38 bits per heavy atom. The van der Waals surface area contributed by atoms with Gasteiger partial charge in [-0.15, -0.1) is 0 Å². The standard InChI is InChI=1S/C24H30N2O3/c1-24(2,3)19-10-7-11-21(16-19)29-17-22(27)25-20-12-14-26(15-13-20)23(28)18-8-5-4-6-9-18/h4-11,16,20H,12-15,17H2,1-3H3,(H,25,27). The summed E-state index contributed by atoms with van der Waals surface area (Å²) in [5.74, 6) is 0.632. The van der Waals surface area contributed by atoms with Gasteiger partial charge in [-0.3, -0.25) is 9.59 Å². The second kappa shape index (κ2) is 9.12. The molecule has 0 saturated carbocycles. The van der Waals surface area contributed by atoms with E-state index in [9.17, 15) is 9.59 Å². The molecule has 0 aliphatic carbocycles. The Balaban J connectivity index is 1.44. The molecule has 1 aliphatic heterocycles. The van der Waals surface area contributed by atoms with Crippen LogP contribution in [0, 0.1) is 0 Å². The Morgan fingerprint density at radius 2 is 1.72 bits per heavy atom. The minimum Gasteiger partial charge on any atom is -0.484 e. The van der Waals surface area contributed by atoms with Crippen molar-refractivity contribution in [3.05, 3.63) is 65.7 Å². The van der Waals surface area contributed by atoms with Gasteiger partial charge in [0.05, 0.1) is 0 Å². The van der Waals surface area contributed by atoms with Gasteiger partial charge in [0, 0.05) is 24.7 Å². The quantitative estimate of drug-likeness (QED) is 0.840. The van der Waals surface area contributed by atoms with E-state index in [1.165, 1.54) is 5.56 Å². The van der Waals surface area contributed by atoms with E-state index in [0.29, 0.717) is 24.4 Å². The fourth-order valence-electron chi connectivity index (χ4n) is 3.46. The molecule has 0 atom stereocenters. The van der Waals surface area contributed by atoms with Crippen LogP contribution in [0.1, 0.15) is 49.5 Å². The highest BCUT2D eigenvalue weighted by molar-refractivity contribution is 5.94. The molecule has 1 fully saturated rings. The van der Waals surface area contributed by atoms with E-state index < -0.39 is 0 Å². The zero-order chi connectivity index (χ0) is 20.9. The number of rotatable bonds is 5. The number of nitrogens with zero attached hydrogens (tertiary/aromatic N) is 1. The monoisotopic (exact) mass is 394 g/mol. The smallest absolute Gasteiger partial charge is 0.258 e. The Labute approximate surface area is 173 Å². The van der Waals surface area contributed by atoms with Gasteiger partial charge < -0.3 is 15.0 Å². The molecule has 0 radical (unpaired) electrons. The van der Waals surface area contributed by atoms with E-state index in [2.05, 4.69) is 32.2 Å². The highest BCUT2D eigenvalue weighted by Crippen LogP contribution is 2.25. The fourth-order valence-corrected chi connectivity index (χ4v) is 3.46. The maximum Gasteiger partial charge on any atom is 0.258 e. The largest absolute Gasteiger partial charge is 0.484 e. The topological polar surface area (TPSA) is 58.6 Å². The van der Waals surface area contributed by atoms with Gasteiger partial charge in [0.25, 0.3) is 11.8 Å². The van der Waals surface area contributed by atoms with Crippen molar-refractivity contribution in [2.75, 3.05) is 19.7 Å². The summed E-state index contributed by atoms with van der Waals surface area (Å²) in [5, 5.41) is 3.03. The summed E-state index contributed by atoms with van der Waals surface area (Å²) < 4.78 is 5.69. The molecule has 0 aromatic heterocycles. The first-order chi connectivity index (χ1) is 13.8. The number of carbonyl (C=O) groups excluding carboxylic acids is 2. The first-order valence-electron chi connectivity index (χ1n) is 10.2. The number of amides is 2. The van der Waals surface area contributed by atoms with Crippen LogP contribution in [0.3, 0.4) is 0 Å². The number of piperidine rings is 1. The summed E-state index contributed by atoms with van der Waals surface area (Å²) in [6.45, 7) is 7.73. The molecule has 0 bridgehead atoms. The van der Waals surface area contributed by atoms with Crippen molar-refractivity contribution < 1.29 is 14.3 Å². The third-order valence-corrected chi connectivity index (χ3v) is 5.24. The lowest BCUT2D eigenvalue weighted by Gasteiger charge is -2.32. The van der Waals surface area contributed by atoms with Crippen LogP contribution in [-0.4, -0.2) is 42.5 Å². The molecular formula is C24H30N2O3. The maximum atomic E-state index is 12.5. The molecule has 5 nitrogen and oxygen atoms in total. The molecule has 3 rings (SSSR count). The molecular weight excluding hydrogens is 364 g/mol. The molecule has 1 aliphatic rings. The van der Waals surface area contributed by atoms with Gasteiger partial charge in [0.2, 0.25) is 0 Å². The van der Waals surface area contributed by atoms with Crippen molar-refractivity contribution in [1.29, 1.82) is 0 Å². The number of carbonyl (C=O) groups is 2. The van der Waals surface area contributed by atoms with E-state index in [4.69, 9.17) is 4.74 Å². The molecule has 0 unspecified atom stereocenters. The third kappa shape index (κ3) is 5.83. The minimum absolute atomic E-state index is 0.00322. The van der Waals surface area contributed by atoms with E-state index in [1.54, 1.807) is 0 Å². The van der Waals surface area contributed by atoms with Crippen molar-refractivity contribution in [1.82, 2.24) is 10.2 Å². The van der Waals surface area contributed by atoms with Gasteiger partial charge >= 0.3 is 0 Å². The van der Waals surface area contributed by atoms with Crippen LogP contribution in [0.25, 0.3) is 0 Å². The van der Waals surface area contributed by atoms with Crippen molar-refractivity contribution in [3.63, 3.8) is 0 Å². The van der Waals surface area contributed by atoms with Gasteiger partial charge in [0.15, 0.2) is 6.61 Å². The molecule has 0 spiro atoms. The molecule has 1 N–H and O–H groups in total. The lowest BCUT2D eigenvalue weighted by molar-refractivity contribution is -0.124. The van der Waals surface area contributed by atoms with Crippen molar-refractivity contribution in [2.45, 2.75) is 45.1 Å². The molecule has 2 amide bonds. The molecule has 2 aromatic rings. The van der Waals surface area contributed by atoms with Crippen LogP contribution in [0.5, 0.6) is 5.75 Å². The number of nitrogens with one attached hydrogen (secondary N) is 1. The van der Waals surface area contributed by atoms with Crippen LogP contribution < -0.4 is 10.1 Å². The van der Waals surface area contributed by atoms with Crippen LogP contribution in [0.2, 0.25) is 0 Å². The van der Waals surface area contributed by atoms with E-state index in [-0.39, 0.29) is 29.9 Å². The lowest BCUT2D eigenvalue weighted by Crippen LogP contribution is -2.47. The van der Waals surface area contributed by atoms with Gasteiger partial charge in [-0.1, -0.05) is 51.1 Å². The average Bonchev–Trinajstić information content (AvgIpc) is 2.72. The average molecular weight is 395 g/mol. The fraction of sp³-hybridized carbons (Fsp3) is 0.417. The summed E-state index contributed by atoms with van der Waals surface area (Å²) in [6.07, 6.45) is 1.51. The Morgan fingerprint density at radius 1 is 1.03 bits per heavy atom. The minimum atomic E-state index is -0.126. The second-order valence-corrected chi connectivity index (χ2v) is 8.57. The molecule has 154 valence electrons. The highest BCUT2D eigenvalue weighted by Gasteiger charge is 2.24. The van der Waals surface area contributed by atoms with Crippen LogP contribution in [0.15, 0.2) is 54.6 Å². The number of likely N-dealkylation sites (tertiary alicyclic amines) is 1. The zero-order valence-corrected chi connectivity index (χ0v) is 17.5. The normalized spacial score (nSPS) is 15.1. The molecule has 1 heterocycles. The van der Waals surface area contributed by atoms with Crippen molar-refractivity contribution in [2.24, 2.45) is 0 Å². The SMILES string of the molecule is CC(C)(C)c1cccc(OCC(=O)NC2CCN(C(=O)c3ccccc3)CC2)c1. The predicted molar refractivity (Wildman–Crippen MR) is 114 cm³/mol. The Kier molecular flexibility index (Phi) is 6.57. The number of benzene rings is 2. The van der Waals surface area contributed by atoms with Gasteiger partial charge in [-0.05, 0) is 48.1 Å². The van der Waals surface area contributed by atoms with E-state index in [0.717, 1.165) is 12.8 Å². The Bertz CT molecular complexity index is 835. The number of ether oxygens (including phenoxy) is 1. The first-order valence-corrected chi connectivity index (χ1v) is 10.2. The lowest BCUT2D eigenvalue weighted by atomic mass is 9.87. The zero-order valence-electron chi connectivity index (χ0n) is 17.5. The van der Waals surface area contributed by atoms with Crippen molar-refractivity contribution >= 4 is 11.8 Å². The second-order valence-electron chi connectivity index (χ2n) is 8.57. The van der Waals surface area contributed by atoms with Crippen LogP contribution >= 0.6 is 0 Å². The van der Waals surface area contributed by atoms with E-state index >= 15 is 0 Å². The highest BCUT2D eigenvalue weighted by atomic mass is 16.5. The predicted octanol–water partition coefficient (Wildman–Crippen LogP) is 3.78. The molecule has 2 aromatic carbocycles. The maximum absolute atomic E-state index is 12.5. The summed E-state index contributed by atoms with van der Waals surface area (Å²) >= 11 is 0. The first kappa shape index (κ1) is 20.9. The van der Waals surface area contributed by atoms with Gasteiger partial charge in [0.1, 0.15) is 5.75 Å². The van der Waals surface area contributed by atoms with Crippen LogP contribution in [0.4, 0.5) is 0 Å². The van der Waals surface area contributed by atoms with Crippen molar-refractivity contribution in [3.8, 4) is 5.75 Å². The van der Waals surface area contributed by atoms with Crippen LogP contribution in [-0.2, 0) is 10.2 Å². The number of hydrogen-bond acceptors (Lipinski definition) is 3. The number of hydrogen-bond donors (Lipinski definition) is 1. The summed E-state index contributed by atoms with van der Waals surface area (Å²) in [7, 11) is 0.